The lowest BCUT2D eigenvalue weighted by Crippen LogP contribution is -2.42. The third kappa shape index (κ3) is 10.6. The maximum atomic E-state index is 12.2. The molecule has 28 heavy (non-hydrogen) atoms. The van der Waals surface area contributed by atoms with Crippen LogP contribution in [0.3, 0.4) is 0 Å². The van der Waals surface area contributed by atoms with Gasteiger partial charge >= 0.3 is 6.03 Å². The molecule has 0 aliphatic rings. The summed E-state index contributed by atoms with van der Waals surface area (Å²) >= 11 is 0. The molecule has 1 aromatic rings. The molecule has 7 nitrogen and oxygen atoms in total. The smallest absolute Gasteiger partial charge is 0.319 e. The highest BCUT2D eigenvalue weighted by Crippen LogP contribution is 2.12. The fraction of sp³-hybridized carbons (Fsp3) is 0.667. The molecule has 0 aromatic heterocycles. The summed E-state index contributed by atoms with van der Waals surface area (Å²) in [4.78, 5) is 14.5. The molecule has 0 aliphatic heterocycles. The number of rotatable bonds is 14. The van der Waals surface area contributed by atoms with Crippen molar-refractivity contribution in [3.05, 3.63) is 29.8 Å². The summed E-state index contributed by atoms with van der Waals surface area (Å²) in [6, 6.07) is 6.95. The third-order valence-corrected chi connectivity index (χ3v) is 4.38. The first kappa shape index (κ1) is 24.4. The van der Waals surface area contributed by atoms with E-state index in [2.05, 4.69) is 29.4 Å². The van der Waals surface area contributed by atoms with E-state index in [1.165, 1.54) is 0 Å². The van der Waals surface area contributed by atoms with Crippen molar-refractivity contribution in [2.45, 2.75) is 52.9 Å². The van der Waals surface area contributed by atoms with E-state index in [-0.39, 0.29) is 24.8 Å². The fourth-order valence-electron chi connectivity index (χ4n) is 2.71. The lowest BCUT2D eigenvalue weighted by atomic mass is 10.2. The second kappa shape index (κ2) is 14.3. The molecule has 0 aliphatic carbocycles. The van der Waals surface area contributed by atoms with Crippen molar-refractivity contribution in [1.82, 2.24) is 10.2 Å². The summed E-state index contributed by atoms with van der Waals surface area (Å²) in [6.07, 6.45) is 0.905. The normalized spacial score (nSPS) is 12.4. The number of carbonyl (C=O) groups excluding carboxylic acids is 1. The molecule has 0 radical (unpaired) electrons. The Morgan fingerprint density at radius 1 is 1.21 bits per heavy atom. The highest BCUT2D eigenvalue weighted by Gasteiger charge is 2.13. The van der Waals surface area contributed by atoms with Crippen molar-refractivity contribution in [3.63, 3.8) is 0 Å². The monoisotopic (exact) mass is 395 g/mol. The second-order valence-corrected chi connectivity index (χ2v) is 6.97. The molecule has 0 heterocycles. The molecule has 0 bridgehead atoms. The second-order valence-electron chi connectivity index (χ2n) is 6.97. The molecule has 1 atom stereocenters. The molecule has 1 unspecified atom stereocenters. The molecular formula is C21H37N3O4. The van der Waals surface area contributed by atoms with Crippen molar-refractivity contribution in [2.24, 2.45) is 0 Å². The van der Waals surface area contributed by atoms with Gasteiger partial charge in [0.25, 0.3) is 0 Å². The minimum absolute atomic E-state index is 0.0823. The van der Waals surface area contributed by atoms with Gasteiger partial charge in [-0.05, 0) is 51.1 Å². The van der Waals surface area contributed by atoms with Gasteiger partial charge in [0.2, 0.25) is 0 Å². The summed E-state index contributed by atoms with van der Waals surface area (Å²) in [5, 5.41) is 15.2. The number of benzene rings is 1. The van der Waals surface area contributed by atoms with Crippen molar-refractivity contribution < 1.29 is 19.4 Å². The number of aliphatic hydroxyl groups is 1. The van der Waals surface area contributed by atoms with E-state index in [1.807, 2.05) is 38.1 Å². The van der Waals surface area contributed by atoms with Crippen molar-refractivity contribution in [1.29, 1.82) is 0 Å². The molecule has 0 fully saturated rings. The maximum absolute atomic E-state index is 12.2. The highest BCUT2D eigenvalue weighted by atomic mass is 16.5. The van der Waals surface area contributed by atoms with E-state index < -0.39 is 0 Å². The quantitative estimate of drug-likeness (QED) is 0.422. The van der Waals surface area contributed by atoms with E-state index in [0.29, 0.717) is 31.9 Å². The Bertz CT molecular complexity index is 550. The van der Waals surface area contributed by atoms with E-state index in [4.69, 9.17) is 9.47 Å². The van der Waals surface area contributed by atoms with Crippen LogP contribution in [0.1, 0.15) is 39.7 Å². The lowest BCUT2D eigenvalue weighted by molar-refractivity contribution is 0.0143. The van der Waals surface area contributed by atoms with Crippen LogP contribution >= 0.6 is 0 Å². The minimum Gasteiger partial charge on any atom is -0.394 e. The van der Waals surface area contributed by atoms with Gasteiger partial charge < -0.3 is 30.1 Å². The number of hydrogen-bond acceptors (Lipinski definition) is 5. The SMILES string of the molecule is CCN(CC)CCC(CO)NC(=O)Nc1cccc(COCCOC(C)C)c1. The molecule has 0 spiro atoms. The average Bonchev–Trinajstić information content (AvgIpc) is 2.67. The maximum Gasteiger partial charge on any atom is 0.319 e. The topological polar surface area (TPSA) is 83.1 Å². The first-order chi connectivity index (χ1) is 13.5. The number of carbonyl (C=O) groups is 1. The van der Waals surface area contributed by atoms with Gasteiger partial charge in [-0.15, -0.1) is 0 Å². The molecule has 2 amide bonds. The molecule has 3 N–H and O–H groups in total. The summed E-state index contributed by atoms with van der Waals surface area (Å²) in [5.74, 6) is 0. The zero-order chi connectivity index (χ0) is 20.8. The van der Waals surface area contributed by atoms with Crippen LogP contribution in [0.15, 0.2) is 24.3 Å². The number of nitrogens with one attached hydrogen (secondary N) is 2. The van der Waals surface area contributed by atoms with Gasteiger partial charge in [-0.25, -0.2) is 4.79 Å². The Morgan fingerprint density at radius 3 is 2.61 bits per heavy atom. The first-order valence-electron chi connectivity index (χ1n) is 10.2. The van der Waals surface area contributed by atoms with Gasteiger partial charge in [0.05, 0.1) is 38.6 Å². The van der Waals surface area contributed by atoms with E-state index in [0.717, 1.165) is 25.2 Å². The van der Waals surface area contributed by atoms with Crippen molar-refractivity contribution in [3.8, 4) is 0 Å². The minimum atomic E-state index is -0.318. The van der Waals surface area contributed by atoms with Crippen LogP contribution in [-0.2, 0) is 16.1 Å². The van der Waals surface area contributed by atoms with Crippen LogP contribution in [0.4, 0.5) is 10.5 Å². The third-order valence-electron chi connectivity index (χ3n) is 4.38. The Balaban J connectivity index is 2.41. The summed E-state index contributed by atoms with van der Waals surface area (Å²) in [6.45, 7) is 12.4. The molecule has 1 aromatic carbocycles. The van der Waals surface area contributed by atoms with Gasteiger partial charge in [-0.1, -0.05) is 26.0 Å². The van der Waals surface area contributed by atoms with Gasteiger partial charge in [-0.2, -0.15) is 0 Å². The summed E-state index contributed by atoms with van der Waals surface area (Å²) < 4.78 is 11.0. The zero-order valence-electron chi connectivity index (χ0n) is 17.7. The fourth-order valence-corrected chi connectivity index (χ4v) is 2.71. The average molecular weight is 396 g/mol. The summed E-state index contributed by atoms with van der Waals surface area (Å²) in [7, 11) is 0. The van der Waals surface area contributed by atoms with Gasteiger partial charge in [0.1, 0.15) is 0 Å². The van der Waals surface area contributed by atoms with E-state index in [9.17, 15) is 9.90 Å². The number of anilines is 1. The van der Waals surface area contributed by atoms with Crippen LogP contribution in [0.2, 0.25) is 0 Å². The Morgan fingerprint density at radius 2 is 1.96 bits per heavy atom. The van der Waals surface area contributed by atoms with Crippen molar-refractivity contribution in [2.75, 3.05) is 44.8 Å². The van der Waals surface area contributed by atoms with E-state index in [1.54, 1.807) is 0 Å². The van der Waals surface area contributed by atoms with Crippen LogP contribution in [-0.4, -0.2) is 67.6 Å². The first-order valence-corrected chi connectivity index (χ1v) is 10.2. The largest absolute Gasteiger partial charge is 0.394 e. The van der Waals surface area contributed by atoms with Crippen LogP contribution in [0.5, 0.6) is 0 Å². The van der Waals surface area contributed by atoms with Crippen LogP contribution < -0.4 is 10.6 Å². The van der Waals surface area contributed by atoms with Crippen LogP contribution in [0, 0.1) is 0 Å². The van der Waals surface area contributed by atoms with E-state index >= 15 is 0 Å². The van der Waals surface area contributed by atoms with Gasteiger partial charge in [0.15, 0.2) is 0 Å². The Kier molecular flexibility index (Phi) is 12.5. The molecule has 160 valence electrons. The van der Waals surface area contributed by atoms with Gasteiger partial charge in [-0.3, -0.25) is 0 Å². The molecule has 1 rings (SSSR count). The number of aliphatic hydroxyl groups excluding tert-OH is 1. The molecule has 0 saturated carbocycles. The lowest BCUT2D eigenvalue weighted by Gasteiger charge is -2.22. The zero-order valence-corrected chi connectivity index (χ0v) is 17.7. The predicted molar refractivity (Wildman–Crippen MR) is 113 cm³/mol. The van der Waals surface area contributed by atoms with Gasteiger partial charge in [0, 0.05) is 12.2 Å². The number of hydrogen-bond donors (Lipinski definition) is 3. The number of nitrogens with zero attached hydrogens (tertiary/aromatic N) is 1. The number of urea groups is 1. The molecular weight excluding hydrogens is 358 g/mol. The van der Waals surface area contributed by atoms with Crippen LogP contribution in [0.25, 0.3) is 0 Å². The van der Waals surface area contributed by atoms with Crippen molar-refractivity contribution >= 4 is 11.7 Å². The number of ether oxygens (including phenoxy) is 2. The Hall–Kier alpha value is -1.67. The molecule has 7 heteroatoms. The summed E-state index contributed by atoms with van der Waals surface area (Å²) in [5.41, 5.74) is 1.67. The highest BCUT2D eigenvalue weighted by molar-refractivity contribution is 5.89. The Labute approximate surface area is 169 Å². The predicted octanol–water partition coefficient (Wildman–Crippen LogP) is 2.84. The standard InChI is InChI=1S/C21H37N3O4/c1-5-24(6-2)11-10-20(15-25)23-21(26)22-19-9-7-8-18(14-19)16-27-12-13-28-17(3)4/h7-9,14,17,20,25H,5-6,10-13,15-16H2,1-4H3,(H2,22,23,26). The number of amides is 2. The molecule has 0 saturated heterocycles.